The minimum atomic E-state index is -0.604. The Kier molecular flexibility index (Phi) is 6.37. The minimum Gasteiger partial charge on any atom is -0.444 e. The van der Waals surface area contributed by atoms with Crippen LogP contribution in [0, 0.1) is 0 Å². The summed E-state index contributed by atoms with van der Waals surface area (Å²) in [6.45, 7) is 7.33. The van der Waals surface area contributed by atoms with Gasteiger partial charge in [0, 0.05) is 7.05 Å². The third-order valence-corrected chi connectivity index (χ3v) is 2.55. The number of nitrogens with zero attached hydrogens (tertiary/aromatic N) is 2. The average molecular weight is 308 g/mol. The Morgan fingerprint density at radius 3 is 2.23 bits per heavy atom. The van der Waals surface area contributed by atoms with Crippen molar-refractivity contribution in [3.63, 3.8) is 0 Å². The van der Waals surface area contributed by atoms with Gasteiger partial charge in [-0.3, -0.25) is 9.63 Å². The van der Waals surface area contributed by atoms with E-state index in [0.717, 1.165) is 0 Å². The maximum atomic E-state index is 12.4. The molecule has 0 spiro atoms. The molecule has 122 valence electrons. The second-order valence-corrected chi connectivity index (χ2v) is 5.78. The number of carbonyl (C=O) groups is 2. The van der Waals surface area contributed by atoms with E-state index in [9.17, 15) is 9.59 Å². The lowest BCUT2D eigenvalue weighted by Gasteiger charge is -2.26. The highest BCUT2D eigenvalue weighted by atomic mass is 16.7. The molecule has 0 aliphatic heterocycles. The second kappa shape index (κ2) is 7.79. The van der Waals surface area contributed by atoms with E-state index in [0.29, 0.717) is 12.3 Å². The van der Waals surface area contributed by atoms with Crippen molar-refractivity contribution in [2.24, 2.45) is 0 Å². The summed E-state index contributed by atoms with van der Waals surface area (Å²) < 4.78 is 5.22. The first-order valence-corrected chi connectivity index (χ1v) is 7.19. The Morgan fingerprint density at radius 1 is 1.14 bits per heavy atom. The van der Waals surface area contributed by atoms with Crippen LogP contribution in [-0.4, -0.2) is 42.7 Å². The van der Waals surface area contributed by atoms with Gasteiger partial charge in [-0.1, -0.05) is 18.2 Å². The van der Waals surface area contributed by atoms with Gasteiger partial charge in [-0.2, -0.15) is 5.06 Å². The van der Waals surface area contributed by atoms with E-state index < -0.39 is 11.7 Å². The molecule has 22 heavy (non-hydrogen) atoms. The van der Waals surface area contributed by atoms with Gasteiger partial charge in [-0.25, -0.2) is 4.79 Å². The van der Waals surface area contributed by atoms with Crippen molar-refractivity contribution in [2.75, 3.05) is 25.3 Å². The molecule has 1 aromatic rings. The summed E-state index contributed by atoms with van der Waals surface area (Å²) in [6, 6.07) is 9.01. The summed E-state index contributed by atoms with van der Waals surface area (Å²) in [7, 11) is 1.51. The highest BCUT2D eigenvalue weighted by Gasteiger charge is 2.24. The van der Waals surface area contributed by atoms with E-state index in [2.05, 4.69) is 0 Å². The normalized spacial score (nSPS) is 11.0. The Morgan fingerprint density at radius 2 is 1.73 bits per heavy atom. The number of likely N-dealkylation sites (N-methyl/N-ethyl adjacent to an activating group) is 1. The largest absolute Gasteiger partial charge is 0.444 e. The quantitative estimate of drug-likeness (QED) is 0.785. The first-order valence-electron chi connectivity index (χ1n) is 7.19. The number of rotatable bonds is 5. The van der Waals surface area contributed by atoms with E-state index in [1.165, 1.54) is 17.0 Å². The highest BCUT2D eigenvalue weighted by Crippen LogP contribution is 2.15. The number of para-hydroxylation sites is 1. The maximum Gasteiger partial charge on any atom is 0.410 e. The zero-order valence-corrected chi connectivity index (χ0v) is 13.8. The Hall–Kier alpha value is -2.08. The Labute approximate surface area is 131 Å². The molecule has 0 unspecified atom stereocenters. The summed E-state index contributed by atoms with van der Waals surface area (Å²) in [4.78, 5) is 30.9. The topological polar surface area (TPSA) is 59.1 Å². The Bertz CT molecular complexity index is 497. The van der Waals surface area contributed by atoms with Crippen molar-refractivity contribution in [3.8, 4) is 0 Å². The van der Waals surface area contributed by atoms with Gasteiger partial charge in [-0.15, -0.1) is 0 Å². The minimum absolute atomic E-state index is 0.135. The van der Waals surface area contributed by atoms with Gasteiger partial charge in [0.15, 0.2) is 0 Å². The number of carbonyl (C=O) groups excluding carboxylic acids is 2. The van der Waals surface area contributed by atoms with Crippen molar-refractivity contribution >= 4 is 17.7 Å². The molecule has 2 amide bonds. The van der Waals surface area contributed by atoms with Crippen LogP contribution in [0.15, 0.2) is 30.3 Å². The number of anilines is 1. The fourth-order valence-corrected chi connectivity index (χ4v) is 1.65. The lowest BCUT2D eigenvalue weighted by atomic mass is 10.2. The van der Waals surface area contributed by atoms with Gasteiger partial charge >= 0.3 is 6.09 Å². The number of ether oxygens (including phenoxy) is 1. The molecule has 6 nitrogen and oxygen atoms in total. The number of benzene rings is 1. The van der Waals surface area contributed by atoms with Crippen LogP contribution in [0.25, 0.3) is 0 Å². The van der Waals surface area contributed by atoms with Crippen LogP contribution in [0.5, 0.6) is 0 Å². The van der Waals surface area contributed by atoms with E-state index in [1.54, 1.807) is 39.8 Å². The molecule has 1 aromatic carbocycles. The predicted octanol–water partition coefficient (Wildman–Crippen LogP) is 2.84. The Balaban J connectivity index is 2.73. The predicted molar refractivity (Wildman–Crippen MR) is 84.4 cm³/mol. The third-order valence-electron chi connectivity index (χ3n) is 2.55. The van der Waals surface area contributed by atoms with Crippen molar-refractivity contribution in [1.82, 2.24) is 4.90 Å². The highest BCUT2D eigenvalue weighted by molar-refractivity contribution is 5.94. The van der Waals surface area contributed by atoms with Gasteiger partial charge in [-0.05, 0) is 39.8 Å². The molecule has 6 heteroatoms. The average Bonchev–Trinajstić information content (AvgIpc) is 2.43. The first kappa shape index (κ1) is 18.0. The number of amides is 2. The summed E-state index contributed by atoms with van der Waals surface area (Å²) >= 11 is 0. The molecule has 0 atom stereocenters. The van der Waals surface area contributed by atoms with Crippen LogP contribution >= 0.6 is 0 Å². The van der Waals surface area contributed by atoms with Crippen LogP contribution < -0.4 is 5.06 Å². The fourth-order valence-electron chi connectivity index (χ4n) is 1.65. The summed E-state index contributed by atoms with van der Waals surface area (Å²) in [5.74, 6) is -0.346. The summed E-state index contributed by atoms with van der Waals surface area (Å²) in [5, 5.41) is 1.20. The number of hydrogen-bond acceptors (Lipinski definition) is 4. The van der Waals surface area contributed by atoms with Gasteiger partial charge in [0.2, 0.25) is 0 Å². The molecule has 0 saturated carbocycles. The number of hydrogen-bond donors (Lipinski definition) is 0. The van der Waals surface area contributed by atoms with Crippen molar-refractivity contribution in [1.29, 1.82) is 0 Å². The molecule has 1 rings (SSSR count). The van der Waals surface area contributed by atoms with Gasteiger partial charge in [0.25, 0.3) is 5.91 Å². The van der Waals surface area contributed by atoms with Crippen molar-refractivity contribution < 1.29 is 19.2 Å². The summed E-state index contributed by atoms with van der Waals surface area (Å²) in [6.07, 6.45) is -0.551. The summed E-state index contributed by atoms with van der Waals surface area (Å²) in [5.41, 5.74) is 0.0138. The van der Waals surface area contributed by atoms with Crippen LogP contribution in [0.4, 0.5) is 10.5 Å². The smallest absolute Gasteiger partial charge is 0.410 e. The van der Waals surface area contributed by atoms with Gasteiger partial charge in [0.05, 0.1) is 12.3 Å². The third kappa shape index (κ3) is 5.73. The van der Waals surface area contributed by atoms with Crippen LogP contribution in [0.1, 0.15) is 27.7 Å². The molecule has 0 aromatic heterocycles. The molecule has 0 heterocycles. The molecule has 0 fully saturated rings. The van der Waals surface area contributed by atoms with Crippen LogP contribution in [0.2, 0.25) is 0 Å². The molecule has 0 saturated heterocycles. The molecule has 0 radical (unpaired) electrons. The number of hydroxylamine groups is 1. The van der Waals surface area contributed by atoms with E-state index in [4.69, 9.17) is 9.57 Å². The van der Waals surface area contributed by atoms with E-state index >= 15 is 0 Å². The van der Waals surface area contributed by atoms with Crippen LogP contribution in [-0.2, 0) is 14.4 Å². The molecule has 0 aliphatic carbocycles. The maximum absolute atomic E-state index is 12.4. The lowest BCUT2D eigenvalue weighted by molar-refractivity contribution is -0.126. The van der Waals surface area contributed by atoms with Crippen molar-refractivity contribution in [2.45, 2.75) is 33.3 Å². The van der Waals surface area contributed by atoms with Gasteiger partial charge in [0.1, 0.15) is 12.1 Å². The fraction of sp³-hybridized carbons (Fsp3) is 0.500. The molecular formula is C16H24N2O4. The van der Waals surface area contributed by atoms with Crippen molar-refractivity contribution in [3.05, 3.63) is 30.3 Å². The second-order valence-electron chi connectivity index (χ2n) is 5.78. The zero-order chi connectivity index (χ0) is 16.8. The molecular weight excluding hydrogens is 284 g/mol. The van der Waals surface area contributed by atoms with E-state index in [1.807, 2.05) is 18.2 Å². The first-order chi connectivity index (χ1) is 10.2. The molecule has 0 aliphatic rings. The van der Waals surface area contributed by atoms with Crippen LogP contribution in [0.3, 0.4) is 0 Å². The van der Waals surface area contributed by atoms with E-state index in [-0.39, 0.29) is 12.5 Å². The van der Waals surface area contributed by atoms with Gasteiger partial charge < -0.3 is 9.64 Å². The zero-order valence-electron chi connectivity index (χ0n) is 13.8. The monoisotopic (exact) mass is 308 g/mol. The molecule has 0 N–H and O–H groups in total. The molecule has 0 bridgehead atoms. The lowest BCUT2D eigenvalue weighted by Crippen LogP contribution is -2.43. The standard InChI is InChI=1S/C16H24N2O4/c1-6-21-18(13-10-8-7-9-11-13)14(19)12-17(5)15(20)22-16(2,3)4/h7-11H,6,12H2,1-5H3. The SMILES string of the molecule is CCON(C(=O)CN(C)C(=O)OC(C)(C)C)c1ccccc1.